The Balaban J connectivity index is 1.92. The van der Waals surface area contributed by atoms with Crippen molar-refractivity contribution in [1.82, 2.24) is 10.2 Å². The first-order chi connectivity index (χ1) is 9.08. The van der Waals surface area contributed by atoms with E-state index in [0.717, 1.165) is 32.5 Å². The first-order valence-corrected chi connectivity index (χ1v) is 7.74. The molecule has 2 rings (SSSR count). The van der Waals surface area contributed by atoms with Gasteiger partial charge in [0.25, 0.3) is 5.91 Å². The van der Waals surface area contributed by atoms with Gasteiger partial charge in [0.1, 0.15) is 6.10 Å². The van der Waals surface area contributed by atoms with E-state index in [1.54, 1.807) is 0 Å². The molecule has 0 radical (unpaired) electrons. The Labute approximate surface area is 116 Å². The minimum Gasteiger partial charge on any atom is -0.365 e. The standard InChI is InChI=1S/C15H28N2O2/c1-11(2)17(10-13-6-8-16-9-7-13)15(18)14-5-4-12(3)19-14/h11-14,16H,4-10H2,1-3H3. The molecule has 0 aromatic rings. The maximum absolute atomic E-state index is 12.6. The molecule has 2 atom stereocenters. The molecule has 110 valence electrons. The van der Waals surface area contributed by atoms with Crippen molar-refractivity contribution in [2.24, 2.45) is 5.92 Å². The topological polar surface area (TPSA) is 41.6 Å². The van der Waals surface area contributed by atoms with E-state index in [0.29, 0.717) is 5.92 Å². The van der Waals surface area contributed by atoms with Gasteiger partial charge in [0.05, 0.1) is 6.10 Å². The second kappa shape index (κ2) is 6.71. The van der Waals surface area contributed by atoms with Crippen LogP contribution in [0.5, 0.6) is 0 Å². The van der Waals surface area contributed by atoms with Crippen LogP contribution in [0.15, 0.2) is 0 Å². The SMILES string of the molecule is CC1CCC(C(=O)N(CC2CCNCC2)C(C)C)O1. The number of hydrogen-bond acceptors (Lipinski definition) is 3. The third-order valence-corrected chi connectivity index (χ3v) is 4.33. The lowest BCUT2D eigenvalue weighted by atomic mass is 9.96. The van der Waals surface area contributed by atoms with Gasteiger partial charge in [0.2, 0.25) is 0 Å². The van der Waals surface area contributed by atoms with Crippen LogP contribution in [-0.2, 0) is 9.53 Å². The van der Waals surface area contributed by atoms with Crippen LogP contribution in [0.4, 0.5) is 0 Å². The summed E-state index contributed by atoms with van der Waals surface area (Å²) in [7, 11) is 0. The first kappa shape index (κ1) is 14.8. The summed E-state index contributed by atoms with van der Waals surface area (Å²) in [6.45, 7) is 9.34. The smallest absolute Gasteiger partial charge is 0.251 e. The molecule has 2 aliphatic heterocycles. The van der Waals surface area contributed by atoms with Crippen molar-refractivity contribution >= 4 is 5.91 Å². The number of carbonyl (C=O) groups excluding carboxylic acids is 1. The Hall–Kier alpha value is -0.610. The molecule has 19 heavy (non-hydrogen) atoms. The van der Waals surface area contributed by atoms with Crippen LogP contribution in [0.25, 0.3) is 0 Å². The minimum absolute atomic E-state index is 0.195. The normalized spacial score (nSPS) is 28.8. The maximum Gasteiger partial charge on any atom is 0.251 e. The zero-order valence-electron chi connectivity index (χ0n) is 12.5. The van der Waals surface area contributed by atoms with Crippen LogP contribution in [-0.4, -0.2) is 48.7 Å². The summed E-state index contributed by atoms with van der Waals surface area (Å²) in [5.74, 6) is 0.851. The molecular formula is C15H28N2O2. The number of carbonyl (C=O) groups is 1. The molecular weight excluding hydrogens is 240 g/mol. The van der Waals surface area contributed by atoms with Crippen molar-refractivity contribution in [3.8, 4) is 0 Å². The molecule has 0 aromatic carbocycles. The van der Waals surface area contributed by atoms with Gasteiger partial charge >= 0.3 is 0 Å². The van der Waals surface area contributed by atoms with Gasteiger partial charge in [-0.3, -0.25) is 4.79 Å². The van der Waals surface area contributed by atoms with Crippen LogP contribution in [0, 0.1) is 5.92 Å². The summed E-state index contributed by atoms with van der Waals surface area (Å²) in [5.41, 5.74) is 0. The number of hydrogen-bond donors (Lipinski definition) is 1. The monoisotopic (exact) mass is 268 g/mol. The average molecular weight is 268 g/mol. The quantitative estimate of drug-likeness (QED) is 0.845. The summed E-state index contributed by atoms with van der Waals surface area (Å²) < 4.78 is 5.74. The molecule has 2 aliphatic rings. The van der Waals surface area contributed by atoms with Crippen LogP contribution in [0.1, 0.15) is 46.5 Å². The average Bonchev–Trinajstić information content (AvgIpc) is 2.83. The van der Waals surface area contributed by atoms with Crippen molar-refractivity contribution in [1.29, 1.82) is 0 Å². The Kier molecular flexibility index (Phi) is 5.22. The van der Waals surface area contributed by atoms with E-state index in [4.69, 9.17) is 4.74 Å². The van der Waals surface area contributed by atoms with E-state index in [1.165, 1.54) is 12.8 Å². The van der Waals surface area contributed by atoms with Crippen LogP contribution in [0.3, 0.4) is 0 Å². The molecule has 4 nitrogen and oxygen atoms in total. The fourth-order valence-electron chi connectivity index (χ4n) is 3.07. The second-order valence-corrected chi connectivity index (χ2v) is 6.29. The highest BCUT2D eigenvalue weighted by Crippen LogP contribution is 2.23. The second-order valence-electron chi connectivity index (χ2n) is 6.29. The molecule has 0 bridgehead atoms. The Morgan fingerprint density at radius 1 is 1.26 bits per heavy atom. The Bertz CT molecular complexity index is 301. The minimum atomic E-state index is -0.195. The highest BCUT2D eigenvalue weighted by molar-refractivity contribution is 5.81. The molecule has 0 aliphatic carbocycles. The first-order valence-electron chi connectivity index (χ1n) is 7.74. The van der Waals surface area contributed by atoms with Gasteiger partial charge in [-0.25, -0.2) is 0 Å². The molecule has 2 fully saturated rings. The number of nitrogens with zero attached hydrogens (tertiary/aromatic N) is 1. The third kappa shape index (κ3) is 3.93. The van der Waals surface area contributed by atoms with E-state index >= 15 is 0 Å². The Morgan fingerprint density at radius 3 is 2.47 bits per heavy atom. The molecule has 0 saturated carbocycles. The van der Waals surface area contributed by atoms with E-state index in [1.807, 2.05) is 4.90 Å². The van der Waals surface area contributed by atoms with Gasteiger partial charge in [0, 0.05) is 12.6 Å². The molecule has 0 aromatic heterocycles. The van der Waals surface area contributed by atoms with Gasteiger partial charge in [-0.2, -0.15) is 0 Å². The van der Waals surface area contributed by atoms with E-state index in [9.17, 15) is 4.79 Å². The lowest BCUT2D eigenvalue weighted by Crippen LogP contribution is -2.47. The van der Waals surface area contributed by atoms with Gasteiger partial charge in [0.15, 0.2) is 0 Å². The van der Waals surface area contributed by atoms with E-state index in [2.05, 4.69) is 26.1 Å². The van der Waals surface area contributed by atoms with Crippen LogP contribution >= 0.6 is 0 Å². The molecule has 4 heteroatoms. The van der Waals surface area contributed by atoms with Crippen LogP contribution in [0.2, 0.25) is 0 Å². The summed E-state index contributed by atoms with van der Waals surface area (Å²) in [6.07, 6.45) is 4.29. The van der Waals surface area contributed by atoms with Gasteiger partial charge in [-0.1, -0.05) is 0 Å². The van der Waals surface area contributed by atoms with Crippen LogP contribution < -0.4 is 5.32 Å². The Morgan fingerprint density at radius 2 is 1.95 bits per heavy atom. The predicted octanol–water partition coefficient (Wildman–Crippen LogP) is 1.79. The van der Waals surface area contributed by atoms with Crippen molar-refractivity contribution in [2.45, 2.75) is 64.7 Å². The van der Waals surface area contributed by atoms with Crippen molar-refractivity contribution in [3.05, 3.63) is 0 Å². The number of nitrogens with one attached hydrogen (secondary N) is 1. The number of amides is 1. The highest BCUT2D eigenvalue weighted by atomic mass is 16.5. The molecule has 2 saturated heterocycles. The number of piperidine rings is 1. The summed E-state index contributed by atoms with van der Waals surface area (Å²) in [6, 6.07) is 0.266. The molecule has 1 amide bonds. The number of rotatable bonds is 4. The molecule has 1 N–H and O–H groups in total. The van der Waals surface area contributed by atoms with Crippen molar-refractivity contribution in [3.63, 3.8) is 0 Å². The molecule has 2 unspecified atom stereocenters. The van der Waals surface area contributed by atoms with E-state index < -0.39 is 0 Å². The third-order valence-electron chi connectivity index (χ3n) is 4.33. The maximum atomic E-state index is 12.6. The fraction of sp³-hybridized carbons (Fsp3) is 0.933. The van der Waals surface area contributed by atoms with Gasteiger partial charge < -0.3 is 15.0 Å². The fourth-order valence-corrected chi connectivity index (χ4v) is 3.07. The lowest BCUT2D eigenvalue weighted by molar-refractivity contribution is -0.145. The van der Waals surface area contributed by atoms with Gasteiger partial charge in [-0.05, 0) is 65.5 Å². The lowest BCUT2D eigenvalue weighted by Gasteiger charge is -2.34. The van der Waals surface area contributed by atoms with Crippen molar-refractivity contribution < 1.29 is 9.53 Å². The summed E-state index contributed by atoms with van der Waals surface area (Å²) in [5, 5.41) is 3.38. The zero-order chi connectivity index (χ0) is 13.8. The molecule has 2 heterocycles. The molecule has 0 spiro atoms. The van der Waals surface area contributed by atoms with Crippen molar-refractivity contribution in [2.75, 3.05) is 19.6 Å². The largest absolute Gasteiger partial charge is 0.365 e. The predicted molar refractivity (Wildman–Crippen MR) is 76.0 cm³/mol. The van der Waals surface area contributed by atoms with Gasteiger partial charge in [-0.15, -0.1) is 0 Å². The zero-order valence-corrected chi connectivity index (χ0v) is 12.5. The number of ether oxygens (including phenoxy) is 1. The summed E-state index contributed by atoms with van der Waals surface area (Å²) in [4.78, 5) is 14.6. The highest BCUT2D eigenvalue weighted by Gasteiger charge is 2.33. The van der Waals surface area contributed by atoms with E-state index in [-0.39, 0.29) is 24.2 Å². The summed E-state index contributed by atoms with van der Waals surface area (Å²) >= 11 is 0.